The van der Waals surface area contributed by atoms with E-state index in [1.54, 1.807) is 30.3 Å². The van der Waals surface area contributed by atoms with Crippen molar-refractivity contribution in [1.29, 1.82) is 0 Å². The molecule has 0 saturated carbocycles. The first-order valence-corrected chi connectivity index (χ1v) is 28.7. The molecule has 0 aliphatic rings. The standard InChI is InChI=1S/C52H86N22O10S/c53-17-7-4-13-35(70-51(84)39(29-85)68-40(76)25-61-24-33(75)27-73(22-20-56)42(78)28-74-31-66-43-44(57)64-30-65-46(43)74)47(80)63-26-41(77)67-36(14-5-8-18-54)48(81)72-38(23-32-11-2-1-3-12-32)50(83)71-37(15-6-9-19-55)49(82)69-34(45(58)79)16-10-21-62-52(59)60/h1-3,11-12,30-31,34-39,61,85H,4-10,13-29,53-56H2,(H2,58,79)(H,63,80)(H,67,77)(H,68,76)(H,69,82)(H,70,84)(H,71,83)(H,72,81)(H2,57,64,65)(H4,59,60,62)/t34-,35-,36-,37-,38-,39-/m0/s1. The summed E-state index contributed by atoms with van der Waals surface area (Å²) in [4.78, 5) is 152. The van der Waals surface area contributed by atoms with Crippen molar-refractivity contribution < 1.29 is 47.9 Å². The van der Waals surface area contributed by atoms with E-state index in [9.17, 15) is 47.9 Å². The van der Waals surface area contributed by atoms with Gasteiger partial charge in [-0.05, 0) is 95.8 Å². The molecule has 0 aliphatic heterocycles. The summed E-state index contributed by atoms with van der Waals surface area (Å²) in [6, 6.07) is 1.37. The molecule has 470 valence electrons. The summed E-state index contributed by atoms with van der Waals surface area (Å²) in [5, 5.41) is 21.0. The van der Waals surface area contributed by atoms with E-state index in [0.717, 1.165) is 0 Å². The van der Waals surface area contributed by atoms with Crippen molar-refractivity contribution in [3.05, 3.63) is 48.5 Å². The maximum absolute atomic E-state index is 14.2. The van der Waals surface area contributed by atoms with Crippen LogP contribution in [0.2, 0.25) is 0 Å². The first-order valence-electron chi connectivity index (χ1n) is 28.0. The molecule has 6 atom stereocenters. The number of unbranched alkanes of at least 4 members (excludes halogenated alkanes) is 3. The average Bonchev–Trinajstić information content (AvgIpc) is 4.01. The Hall–Kier alpha value is -8.11. The maximum atomic E-state index is 14.2. The van der Waals surface area contributed by atoms with Crippen LogP contribution < -0.4 is 88.4 Å². The molecule has 0 fully saturated rings. The van der Waals surface area contributed by atoms with Crippen molar-refractivity contribution in [1.82, 2.24) is 67.0 Å². The minimum Gasteiger partial charge on any atom is -0.382 e. The van der Waals surface area contributed by atoms with Gasteiger partial charge >= 0.3 is 0 Å². The van der Waals surface area contributed by atoms with Crippen LogP contribution in [0.15, 0.2) is 48.0 Å². The third kappa shape index (κ3) is 26.6. The van der Waals surface area contributed by atoms with Crippen LogP contribution in [-0.4, -0.2) is 197 Å². The third-order valence-corrected chi connectivity index (χ3v) is 13.4. The van der Waals surface area contributed by atoms with E-state index in [1.165, 1.54) is 22.1 Å². The van der Waals surface area contributed by atoms with E-state index in [-0.39, 0.29) is 102 Å². The molecule has 0 radical (unpaired) electrons. The van der Waals surface area contributed by atoms with Crippen molar-refractivity contribution in [3.63, 3.8) is 0 Å². The number of benzene rings is 1. The minimum atomic E-state index is -1.30. The molecule has 24 N–H and O–H groups in total. The zero-order chi connectivity index (χ0) is 62.7. The summed E-state index contributed by atoms with van der Waals surface area (Å²) < 4.78 is 1.46. The van der Waals surface area contributed by atoms with Gasteiger partial charge in [-0.3, -0.25) is 52.9 Å². The van der Waals surface area contributed by atoms with E-state index in [4.69, 9.17) is 45.9 Å². The number of hydrogen-bond donors (Lipinski definition) is 17. The fraction of sp³-hybridized carbons (Fsp3) is 0.577. The van der Waals surface area contributed by atoms with Crippen LogP contribution in [0.3, 0.4) is 0 Å². The fourth-order valence-electron chi connectivity index (χ4n) is 8.49. The Balaban J connectivity index is 1.66. The normalized spacial score (nSPS) is 13.1. The molecule has 0 saturated heterocycles. The minimum absolute atomic E-state index is 0.0438. The maximum Gasteiger partial charge on any atom is 0.244 e. The van der Waals surface area contributed by atoms with Gasteiger partial charge in [0.2, 0.25) is 53.2 Å². The summed E-state index contributed by atoms with van der Waals surface area (Å²) >= 11 is 4.23. The molecule has 3 rings (SSSR count). The first kappa shape index (κ1) is 71.2. The molecule has 0 aliphatic carbocycles. The van der Waals surface area contributed by atoms with E-state index < -0.39 is 108 Å². The number of nitrogen functional groups attached to an aromatic ring is 1. The molecular formula is C52H86N22O10S. The number of ketones is 1. The van der Waals surface area contributed by atoms with Gasteiger partial charge in [0.25, 0.3) is 0 Å². The summed E-state index contributed by atoms with van der Waals surface area (Å²) in [6.45, 7) is -0.812. The van der Waals surface area contributed by atoms with Crippen LogP contribution in [0.4, 0.5) is 5.82 Å². The van der Waals surface area contributed by atoms with E-state index in [2.05, 4.69) is 75.1 Å². The highest BCUT2D eigenvalue weighted by molar-refractivity contribution is 7.80. The summed E-state index contributed by atoms with van der Waals surface area (Å²) in [5.74, 6) is -7.22. The second-order valence-corrected chi connectivity index (χ2v) is 20.2. The Labute approximate surface area is 498 Å². The third-order valence-electron chi connectivity index (χ3n) is 13.0. The highest BCUT2D eigenvalue weighted by Gasteiger charge is 2.32. The van der Waals surface area contributed by atoms with Crippen molar-refractivity contribution in [2.45, 2.75) is 120 Å². The topological polar surface area (TPSA) is 534 Å². The van der Waals surface area contributed by atoms with Crippen molar-refractivity contribution in [3.8, 4) is 0 Å². The monoisotopic (exact) mass is 1210 g/mol. The number of rotatable bonds is 43. The number of hydrogen-bond acceptors (Lipinski definition) is 21. The number of thiol groups is 1. The number of primary amides is 1. The van der Waals surface area contributed by atoms with Gasteiger partial charge in [-0.25, -0.2) is 15.0 Å². The number of imidazole rings is 1. The molecule has 1 aromatic carbocycles. The van der Waals surface area contributed by atoms with Crippen LogP contribution >= 0.6 is 12.6 Å². The number of Topliss-reactive ketones (excluding diaryl/α,β-unsaturated/α-hetero) is 1. The second-order valence-electron chi connectivity index (χ2n) is 19.8. The number of amides is 9. The number of guanidine groups is 1. The van der Waals surface area contributed by atoms with Crippen molar-refractivity contribution >= 4 is 94.5 Å². The number of aliphatic imine (C=N–C) groups is 1. The van der Waals surface area contributed by atoms with Gasteiger partial charge < -0.3 is 97.9 Å². The molecule has 9 amide bonds. The lowest BCUT2D eigenvalue weighted by Gasteiger charge is -2.26. The van der Waals surface area contributed by atoms with Crippen molar-refractivity contribution in [2.75, 3.05) is 76.9 Å². The number of fused-ring (bicyclic) bond motifs is 1. The number of carbonyl (C=O) groups is 10. The molecule has 2 aromatic heterocycles. The van der Waals surface area contributed by atoms with E-state index in [1.807, 2.05) is 0 Å². The van der Waals surface area contributed by atoms with Gasteiger partial charge in [-0.1, -0.05) is 30.3 Å². The van der Waals surface area contributed by atoms with Crippen LogP contribution in [0, 0.1) is 0 Å². The molecule has 85 heavy (non-hydrogen) atoms. The van der Waals surface area contributed by atoms with Crippen LogP contribution in [0.1, 0.15) is 76.2 Å². The Kier molecular flexibility index (Phi) is 33.0. The van der Waals surface area contributed by atoms with Gasteiger partial charge in [0.05, 0.1) is 32.5 Å². The smallest absolute Gasteiger partial charge is 0.244 e. The van der Waals surface area contributed by atoms with Gasteiger partial charge in [-0.2, -0.15) is 12.6 Å². The fourth-order valence-corrected chi connectivity index (χ4v) is 8.75. The van der Waals surface area contributed by atoms with Crippen LogP contribution in [0.5, 0.6) is 0 Å². The lowest BCUT2D eigenvalue weighted by molar-refractivity contribution is -0.135. The Morgan fingerprint density at radius 3 is 1.69 bits per heavy atom. The Morgan fingerprint density at radius 2 is 1.12 bits per heavy atom. The molecular weight excluding hydrogens is 1120 g/mol. The van der Waals surface area contributed by atoms with Crippen molar-refractivity contribution in [2.24, 2.45) is 45.1 Å². The van der Waals surface area contributed by atoms with Gasteiger partial charge in [0.15, 0.2) is 23.2 Å². The SMILES string of the molecule is NCCCC[C@H](NC(=O)CNC(=O)[C@H](CCCCN)NC(=O)[C@H](CS)NC(=O)CNCC(=O)CN(CCN)C(=O)Cn1cnc2c(N)ncnc21)C(=O)N[C@@H](Cc1ccccc1)C(=O)N[C@@H](CCCCN)C(=O)N[C@@H](CCCN=C(N)N)C(N)=O. The Bertz CT molecular complexity index is 2680. The lowest BCUT2D eigenvalue weighted by atomic mass is 10.0. The second kappa shape index (κ2) is 39.4. The largest absolute Gasteiger partial charge is 0.382 e. The van der Waals surface area contributed by atoms with E-state index in [0.29, 0.717) is 68.2 Å². The molecule has 3 aromatic rings. The number of nitrogens with zero attached hydrogens (tertiary/aromatic N) is 6. The van der Waals surface area contributed by atoms with Crippen LogP contribution in [0.25, 0.3) is 11.2 Å². The van der Waals surface area contributed by atoms with E-state index >= 15 is 0 Å². The number of aromatic nitrogens is 4. The number of nitrogens with two attached hydrogens (primary N) is 8. The zero-order valence-electron chi connectivity index (χ0n) is 47.8. The van der Waals surface area contributed by atoms with Gasteiger partial charge in [0.1, 0.15) is 54.6 Å². The average molecular weight is 1210 g/mol. The predicted octanol–water partition coefficient (Wildman–Crippen LogP) is -6.52. The summed E-state index contributed by atoms with van der Waals surface area (Å²) in [7, 11) is 0. The Morgan fingerprint density at radius 1 is 0.588 bits per heavy atom. The quantitative estimate of drug-likeness (QED) is 0.0108. The molecule has 33 heteroatoms. The van der Waals surface area contributed by atoms with Gasteiger partial charge in [-0.15, -0.1) is 0 Å². The number of nitrogens with one attached hydrogen (secondary N) is 8. The summed E-state index contributed by atoms with van der Waals surface area (Å²) in [6.07, 6.45) is 5.84. The number of carbonyl (C=O) groups excluding carboxylic acids is 10. The molecule has 0 spiro atoms. The lowest BCUT2D eigenvalue weighted by Crippen LogP contribution is -2.59. The highest BCUT2D eigenvalue weighted by Crippen LogP contribution is 2.15. The van der Waals surface area contributed by atoms with Crippen LogP contribution in [-0.2, 0) is 60.9 Å². The molecule has 0 bridgehead atoms. The zero-order valence-corrected chi connectivity index (χ0v) is 48.7. The molecule has 2 heterocycles. The highest BCUT2D eigenvalue weighted by atomic mass is 32.1. The van der Waals surface area contributed by atoms with Gasteiger partial charge in [0, 0.05) is 31.8 Å². The number of anilines is 1. The molecule has 32 nitrogen and oxygen atoms in total. The predicted molar refractivity (Wildman–Crippen MR) is 320 cm³/mol. The first-order chi connectivity index (χ1) is 40.7. The molecule has 0 unspecified atom stereocenters. The summed E-state index contributed by atoms with van der Waals surface area (Å²) in [5.41, 5.74) is 46.5.